The zero-order valence-electron chi connectivity index (χ0n) is 20.5. The summed E-state index contributed by atoms with van der Waals surface area (Å²) >= 11 is 5.92. The third-order valence-electron chi connectivity index (χ3n) is 4.91. The van der Waals surface area contributed by atoms with Crippen molar-refractivity contribution in [3.8, 4) is 11.5 Å². The first-order chi connectivity index (χ1) is 17.0. The van der Waals surface area contributed by atoms with Crippen LogP contribution in [0.2, 0.25) is 0 Å². The molecule has 1 unspecified atom stereocenters. The summed E-state index contributed by atoms with van der Waals surface area (Å²) < 4.78 is 46.0. The van der Waals surface area contributed by atoms with Crippen molar-refractivity contribution in [2.24, 2.45) is 0 Å². The molecule has 1 amide bonds. The van der Waals surface area contributed by atoms with E-state index in [4.69, 9.17) is 30.5 Å². The van der Waals surface area contributed by atoms with Crippen LogP contribution in [0.25, 0.3) is 0 Å². The van der Waals surface area contributed by atoms with Gasteiger partial charge in [0.15, 0.2) is 15.2 Å². The molecule has 1 aromatic rings. The Balaban J connectivity index is 1.95. The smallest absolute Gasteiger partial charge is 0.355 e. The number of hydrogen-bond acceptors (Lipinski definition) is 11. The van der Waals surface area contributed by atoms with E-state index < -0.39 is 68.3 Å². The minimum absolute atomic E-state index is 0.116. The highest BCUT2D eigenvalue weighted by molar-refractivity contribution is 7.92. The standard InChI is InChI=1S/C23H24ClNO11S/c1-11(26)34-15-6-13(7-16(8-15)35-12(2)27)21(29)33-9-14-10-37(31,32)20-17(24)19(28)25(20)18(14)22(30)36-23(3,4)5/h6-8,17,20H,9-10H2,1-5H3/t17-,20?/m0/s1. The van der Waals surface area contributed by atoms with Crippen LogP contribution in [0.4, 0.5) is 0 Å². The van der Waals surface area contributed by atoms with Crippen LogP contribution in [0.5, 0.6) is 11.5 Å². The molecule has 0 spiro atoms. The molecule has 2 aliphatic rings. The summed E-state index contributed by atoms with van der Waals surface area (Å²) in [5.74, 6) is -5.16. The van der Waals surface area contributed by atoms with Crippen LogP contribution in [0, 0.1) is 0 Å². The van der Waals surface area contributed by atoms with Crippen molar-refractivity contribution in [3.63, 3.8) is 0 Å². The van der Waals surface area contributed by atoms with Crippen LogP contribution in [0.3, 0.4) is 0 Å². The number of amides is 1. The summed E-state index contributed by atoms with van der Waals surface area (Å²) in [6.45, 7) is 6.31. The van der Waals surface area contributed by atoms with Crippen LogP contribution in [-0.2, 0) is 38.5 Å². The number of benzene rings is 1. The van der Waals surface area contributed by atoms with Crippen molar-refractivity contribution in [1.29, 1.82) is 0 Å². The van der Waals surface area contributed by atoms with E-state index in [0.29, 0.717) is 0 Å². The lowest BCUT2D eigenvalue weighted by Gasteiger charge is -2.47. The largest absolute Gasteiger partial charge is 0.457 e. The molecule has 0 saturated carbocycles. The van der Waals surface area contributed by atoms with Gasteiger partial charge in [-0.15, -0.1) is 11.6 Å². The number of halogens is 1. The van der Waals surface area contributed by atoms with Gasteiger partial charge >= 0.3 is 23.9 Å². The molecule has 14 heteroatoms. The quantitative estimate of drug-likeness (QED) is 0.216. The highest BCUT2D eigenvalue weighted by atomic mass is 35.5. The van der Waals surface area contributed by atoms with E-state index in [2.05, 4.69) is 0 Å². The van der Waals surface area contributed by atoms with E-state index >= 15 is 0 Å². The molecule has 0 radical (unpaired) electrons. The Labute approximate surface area is 217 Å². The molecular formula is C23H24ClNO11S. The van der Waals surface area contributed by atoms with E-state index in [1.807, 2.05) is 0 Å². The molecule has 0 aromatic heterocycles. The second kappa shape index (κ2) is 10.1. The van der Waals surface area contributed by atoms with Gasteiger partial charge in [0, 0.05) is 25.5 Å². The molecule has 200 valence electrons. The molecule has 1 fully saturated rings. The summed E-state index contributed by atoms with van der Waals surface area (Å²) in [6, 6.07) is 3.49. The number of rotatable bonds is 6. The second-order valence-electron chi connectivity index (χ2n) is 9.22. The molecule has 2 heterocycles. The number of carbonyl (C=O) groups excluding carboxylic acids is 5. The fourth-order valence-electron chi connectivity index (χ4n) is 3.63. The number of carbonyl (C=O) groups is 5. The molecule has 2 aliphatic heterocycles. The first kappa shape index (κ1) is 28.1. The lowest BCUT2D eigenvalue weighted by Crippen LogP contribution is -2.68. The second-order valence-corrected chi connectivity index (χ2v) is 11.8. The van der Waals surface area contributed by atoms with Crippen LogP contribution < -0.4 is 9.47 Å². The molecule has 0 aliphatic carbocycles. The first-order valence-electron chi connectivity index (χ1n) is 10.8. The minimum atomic E-state index is -4.02. The molecular weight excluding hydrogens is 534 g/mol. The van der Waals surface area contributed by atoms with E-state index in [0.717, 1.165) is 30.9 Å². The zero-order valence-corrected chi connectivity index (χ0v) is 22.1. The Morgan fingerprint density at radius 3 is 2.03 bits per heavy atom. The van der Waals surface area contributed by atoms with E-state index in [-0.39, 0.29) is 28.3 Å². The van der Waals surface area contributed by atoms with Crippen LogP contribution in [-0.4, -0.2) is 71.8 Å². The van der Waals surface area contributed by atoms with Gasteiger partial charge in [0.05, 0.1) is 11.3 Å². The van der Waals surface area contributed by atoms with Crippen molar-refractivity contribution in [1.82, 2.24) is 4.90 Å². The maximum atomic E-state index is 12.9. The Bertz CT molecular complexity index is 1290. The fraction of sp³-hybridized carbons (Fsp3) is 0.435. The summed E-state index contributed by atoms with van der Waals surface area (Å²) in [6.07, 6.45) is 0. The van der Waals surface area contributed by atoms with Gasteiger partial charge < -0.3 is 18.9 Å². The molecule has 3 rings (SSSR count). The van der Waals surface area contributed by atoms with Crippen LogP contribution >= 0.6 is 11.6 Å². The Kier molecular flexibility index (Phi) is 7.70. The van der Waals surface area contributed by atoms with Gasteiger partial charge in [-0.25, -0.2) is 18.0 Å². The van der Waals surface area contributed by atoms with Gasteiger partial charge in [-0.2, -0.15) is 0 Å². The normalized spacial score (nSPS) is 20.4. The summed E-state index contributed by atoms with van der Waals surface area (Å²) in [5, 5.41) is -2.81. The predicted molar refractivity (Wildman–Crippen MR) is 126 cm³/mol. The SMILES string of the molecule is CC(=O)Oc1cc(OC(C)=O)cc(C(=O)OCC2=C(C(=O)OC(C)(C)C)N3C(=O)[C@H](Cl)C3S(=O)(=O)C2)c1. The molecule has 1 aromatic carbocycles. The lowest BCUT2D eigenvalue weighted by atomic mass is 10.1. The molecule has 0 bridgehead atoms. The summed E-state index contributed by atoms with van der Waals surface area (Å²) in [5.41, 5.74) is -1.73. The van der Waals surface area contributed by atoms with E-state index in [1.165, 1.54) is 6.07 Å². The highest BCUT2D eigenvalue weighted by Crippen LogP contribution is 2.40. The van der Waals surface area contributed by atoms with Crippen LogP contribution in [0.1, 0.15) is 45.0 Å². The number of ether oxygens (including phenoxy) is 4. The molecule has 12 nitrogen and oxygen atoms in total. The zero-order chi connectivity index (χ0) is 27.9. The number of fused-ring (bicyclic) bond motifs is 1. The van der Waals surface area contributed by atoms with Crippen molar-refractivity contribution in [2.75, 3.05) is 12.4 Å². The van der Waals surface area contributed by atoms with Crippen molar-refractivity contribution < 1.29 is 51.3 Å². The average molecular weight is 558 g/mol. The summed E-state index contributed by atoms with van der Waals surface area (Å²) in [4.78, 5) is 61.6. The fourth-order valence-corrected chi connectivity index (χ4v) is 6.21. The number of alkyl halides is 1. The molecule has 1 saturated heterocycles. The lowest BCUT2D eigenvalue weighted by molar-refractivity contribution is -0.157. The average Bonchev–Trinajstić information content (AvgIpc) is 2.73. The van der Waals surface area contributed by atoms with E-state index in [1.54, 1.807) is 20.8 Å². The van der Waals surface area contributed by atoms with Gasteiger partial charge in [-0.3, -0.25) is 19.3 Å². The van der Waals surface area contributed by atoms with Gasteiger partial charge in [-0.1, -0.05) is 0 Å². The number of nitrogens with zero attached hydrogens (tertiary/aromatic N) is 1. The van der Waals surface area contributed by atoms with Crippen LogP contribution in [0.15, 0.2) is 29.5 Å². The maximum Gasteiger partial charge on any atom is 0.355 e. The minimum Gasteiger partial charge on any atom is -0.457 e. The Morgan fingerprint density at radius 2 is 1.54 bits per heavy atom. The predicted octanol–water partition coefficient (Wildman–Crippen LogP) is 1.49. The maximum absolute atomic E-state index is 12.9. The number of β-lactam (4-membered cyclic amide) rings is 1. The first-order valence-corrected chi connectivity index (χ1v) is 13.0. The molecule has 2 atom stereocenters. The van der Waals surface area contributed by atoms with Gasteiger partial charge in [0.1, 0.15) is 34.8 Å². The number of sulfone groups is 1. The molecule has 0 N–H and O–H groups in total. The number of hydrogen-bond donors (Lipinski definition) is 0. The monoisotopic (exact) mass is 557 g/mol. The third-order valence-corrected chi connectivity index (χ3v) is 7.45. The Hall–Kier alpha value is -3.45. The highest BCUT2D eigenvalue weighted by Gasteiger charge is 2.59. The summed E-state index contributed by atoms with van der Waals surface area (Å²) in [7, 11) is -4.02. The van der Waals surface area contributed by atoms with Gasteiger partial charge in [0.2, 0.25) is 5.91 Å². The van der Waals surface area contributed by atoms with Crippen molar-refractivity contribution in [3.05, 3.63) is 35.0 Å². The van der Waals surface area contributed by atoms with Crippen molar-refractivity contribution >= 4 is 51.2 Å². The topological polar surface area (TPSA) is 160 Å². The third kappa shape index (κ3) is 6.28. The van der Waals surface area contributed by atoms with Gasteiger partial charge in [0.25, 0.3) is 0 Å². The number of esters is 4. The van der Waals surface area contributed by atoms with Crippen molar-refractivity contribution in [2.45, 2.75) is 51.0 Å². The van der Waals surface area contributed by atoms with E-state index in [9.17, 15) is 32.4 Å². The molecule has 37 heavy (non-hydrogen) atoms. The van der Waals surface area contributed by atoms with Gasteiger partial charge in [-0.05, 0) is 32.9 Å². The Morgan fingerprint density at radius 1 is 1.00 bits per heavy atom.